The highest BCUT2D eigenvalue weighted by Crippen LogP contribution is 2.16. The first kappa shape index (κ1) is 15.1. The molecule has 0 aliphatic carbocycles. The molecule has 0 atom stereocenters. The van der Waals surface area contributed by atoms with Crippen LogP contribution in [0.1, 0.15) is 30.7 Å². The number of urea groups is 1. The number of carbonyl (C=O) groups excluding carboxylic acids is 1. The molecule has 0 unspecified atom stereocenters. The molecule has 2 saturated heterocycles. The van der Waals surface area contributed by atoms with Crippen molar-refractivity contribution in [3.63, 3.8) is 0 Å². The van der Waals surface area contributed by atoms with Crippen LogP contribution in [0.25, 0.3) is 0 Å². The fraction of sp³-hybridized carbons (Fsp3) is 0.688. The lowest BCUT2D eigenvalue weighted by Crippen LogP contribution is -2.43. The molecule has 120 valence electrons. The van der Waals surface area contributed by atoms with Crippen LogP contribution < -0.4 is 4.90 Å². The molecule has 6 nitrogen and oxygen atoms in total. The van der Waals surface area contributed by atoms with Gasteiger partial charge in [0.1, 0.15) is 0 Å². The van der Waals surface area contributed by atoms with Crippen molar-refractivity contribution in [1.82, 2.24) is 19.8 Å². The smallest absolute Gasteiger partial charge is 0.320 e. The van der Waals surface area contributed by atoms with E-state index in [0.29, 0.717) is 0 Å². The van der Waals surface area contributed by atoms with Crippen molar-refractivity contribution in [2.75, 3.05) is 44.2 Å². The van der Waals surface area contributed by atoms with Crippen LogP contribution in [-0.4, -0.2) is 65.1 Å². The number of nitrogens with zero attached hydrogens (tertiary/aromatic N) is 5. The van der Waals surface area contributed by atoms with Gasteiger partial charge in [0.2, 0.25) is 5.95 Å². The van der Waals surface area contributed by atoms with Gasteiger partial charge in [-0.15, -0.1) is 0 Å². The van der Waals surface area contributed by atoms with Crippen molar-refractivity contribution in [3.8, 4) is 0 Å². The van der Waals surface area contributed by atoms with Crippen molar-refractivity contribution in [3.05, 3.63) is 17.5 Å². The molecule has 0 aromatic carbocycles. The van der Waals surface area contributed by atoms with E-state index in [0.717, 1.165) is 75.9 Å². The van der Waals surface area contributed by atoms with Crippen LogP contribution in [0.5, 0.6) is 0 Å². The van der Waals surface area contributed by atoms with Crippen LogP contribution in [0, 0.1) is 13.8 Å². The second-order valence-electron chi connectivity index (χ2n) is 6.26. The van der Waals surface area contributed by atoms with Crippen molar-refractivity contribution in [2.45, 2.75) is 33.1 Å². The normalized spacial score (nSPS) is 19.5. The molecule has 0 saturated carbocycles. The van der Waals surface area contributed by atoms with Gasteiger partial charge in [-0.05, 0) is 39.2 Å². The standard InChI is InChI=1S/C16H25N5O/c1-13-12-14(2)18-15(17-13)19-8-5-9-21(11-10-19)16(22)20-6-3-4-7-20/h12H,3-11H2,1-2H3. The van der Waals surface area contributed by atoms with E-state index in [9.17, 15) is 4.79 Å². The lowest BCUT2D eigenvalue weighted by atomic mass is 10.3. The van der Waals surface area contributed by atoms with Gasteiger partial charge in [0.05, 0.1) is 0 Å². The first-order valence-corrected chi connectivity index (χ1v) is 8.24. The highest BCUT2D eigenvalue weighted by atomic mass is 16.2. The van der Waals surface area contributed by atoms with Crippen LogP contribution in [0.2, 0.25) is 0 Å². The lowest BCUT2D eigenvalue weighted by Gasteiger charge is -2.27. The minimum atomic E-state index is 0.209. The Morgan fingerprint density at radius 1 is 0.864 bits per heavy atom. The Morgan fingerprint density at radius 2 is 1.45 bits per heavy atom. The number of aryl methyl sites for hydroxylation is 2. The molecule has 2 fully saturated rings. The second kappa shape index (κ2) is 6.50. The van der Waals surface area contributed by atoms with Crippen molar-refractivity contribution < 1.29 is 4.79 Å². The molecule has 6 heteroatoms. The molecule has 1 aromatic heterocycles. The quantitative estimate of drug-likeness (QED) is 0.794. The summed E-state index contributed by atoms with van der Waals surface area (Å²) in [5.41, 5.74) is 1.99. The van der Waals surface area contributed by atoms with Crippen LogP contribution in [-0.2, 0) is 0 Å². The van der Waals surface area contributed by atoms with Crippen molar-refractivity contribution >= 4 is 12.0 Å². The maximum Gasteiger partial charge on any atom is 0.320 e. The van der Waals surface area contributed by atoms with E-state index in [1.807, 2.05) is 29.7 Å². The number of rotatable bonds is 1. The number of anilines is 1. The Morgan fingerprint density at radius 3 is 2.14 bits per heavy atom. The lowest BCUT2D eigenvalue weighted by molar-refractivity contribution is 0.166. The molecule has 22 heavy (non-hydrogen) atoms. The average Bonchev–Trinajstić information content (AvgIpc) is 2.90. The van der Waals surface area contributed by atoms with Crippen LogP contribution in [0.15, 0.2) is 6.07 Å². The second-order valence-corrected chi connectivity index (χ2v) is 6.26. The number of hydrogen-bond acceptors (Lipinski definition) is 4. The van der Waals surface area contributed by atoms with Gasteiger partial charge in [-0.25, -0.2) is 14.8 Å². The summed E-state index contributed by atoms with van der Waals surface area (Å²) in [6.07, 6.45) is 3.25. The third-order valence-electron chi connectivity index (χ3n) is 4.40. The number of carbonyl (C=O) groups is 1. The molecule has 2 aliphatic heterocycles. The number of amides is 2. The zero-order valence-electron chi connectivity index (χ0n) is 13.6. The topological polar surface area (TPSA) is 52.6 Å². The summed E-state index contributed by atoms with van der Waals surface area (Å²) in [4.78, 5) is 27.8. The predicted octanol–water partition coefficient (Wildman–Crippen LogP) is 1.82. The first-order valence-electron chi connectivity index (χ1n) is 8.24. The average molecular weight is 303 g/mol. The van der Waals surface area contributed by atoms with Crippen molar-refractivity contribution in [1.29, 1.82) is 0 Å². The Hall–Kier alpha value is -1.85. The van der Waals surface area contributed by atoms with Crippen LogP contribution in [0.4, 0.5) is 10.7 Å². The van der Waals surface area contributed by atoms with E-state index in [-0.39, 0.29) is 6.03 Å². The fourth-order valence-electron chi connectivity index (χ4n) is 3.27. The highest BCUT2D eigenvalue weighted by Gasteiger charge is 2.26. The molecule has 3 heterocycles. The minimum absolute atomic E-state index is 0.209. The summed E-state index contributed by atoms with van der Waals surface area (Å²) < 4.78 is 0. The highest BCUT2D eigenvalue weighted by molar-refractivity contribution is 5.74. The third kappa shape index (κ3) is 3.31. The molecule has 0 bridgehead atoms. The van der Waals surface area contributed by atoms with E-state index in [4.69, 9.17) is 0 Å². The molecule has 1 aromatic rings. The molecule has 0 spiro atoms. The van der Waals surface area contributed by atoms with Crippen molar-refractivity contribution in [2.24, 2.45) is 0 Å². The Kier molecular flexibility index (Phi) is 4.45. The molecule has 2 aliphatic rings. The van der Waals surface area contributed by atoms with E-state index in [1.165, 1.54) is 0 Å². The molecular formula is C16H25N5O. The van der Waals surface area contributed by atoms with Gasteiger partial charge in [0.15, 0.2) is 0 Å². The Bertz CT molecular complexity index is 521. The predicted molar refractivity (Wildman–Crippen MR) is 86.1 cm³/mol. The zero-order valence-corrected chi connectivity index (χ0v) is 13.6. The third-order valence-corrected chi connectivity index (χ3v) is 4.40. The Labute approximate surface area is 132 Å². The fourth-order valence-corrected chi connectivity index (χ4v) is 3.27. The summed E-state index contributed by atoms with van der Waals surface area (Å²) in [5, 5.41) is 0. The summed E-state index contributed by atoms with van der Waals surface area (Å²) in [6.45, 7) is 9.13. The van der Waals surface area contributed by atoms with Gasteiger partial charge in [-0.3, -0.25) is 0 Å². The molecule has 2 amide bonds. The summed E-state index contributed by atoms with van der Waals surface area (Å²) in [5.74, 6) is 0.799. The van der Waals surface area contributed by atoms with Gasteiger partial charge < -0.3 is 14.7 Å². The number of aromatic nitrogens is 2. The maximum absolute atomic E-state index is 12.5. The summed E-state index contributed by atoms with van der Waals surface area (Å²) in [6, 6.07) is 2.20. The maximum atomic E-state index is 12.5. The van der Waals surface area contributed by atoms with Gasteiger partial charge >= 0.3 is 6.03 Å². The summed E-state index contributed by atoms with van der Waals surface area (Å²) >= 11 is 0. The van der Waals surface area contributed by atoms with E-state index in [2.05, 4.69) is 14.9 Å². The Balaban J connectivity index is 1.65. The largest absolute Gasteiger partial charge is 0.339 e. The van der Waals surface area contributed by atoms with E-state index < -0.39 is 0 Å². The SMILES string of the molecule is Cc1cc(C)nc(N2CCCN(C(=O)N3CCCC3)CC2)n1. The first-order chi connectivity index (χ1) is 10.6. The van der Waals surface area contributed by atoms with E-state index in [1.54, 1.807) is 0 Å². The van der Waals surface area contributed by atoms with Gasteiger partial charge in [-0.2, -0.15) is 0 Å². The minimum Gasteiger partial charge on any atom is -0.339 e. The monoisotopic (exact) mass is 303 g/mol. The molecular weight excluding hydrogens is 278 g/mol. The molecule has 0 radical (unpaired) electrons. The number of likely N-dealkylation sites (tertiary alicyclic amines) is 1. The number of hydrogen-bond donors (Lipinski definition) is 0. The van der Waals surface area contributed by atoms with Gasteiger partial charge in [0.25, 0.3) is 0 Å². The van der Waals surface area contributed by atoms with Gasteiger partial charge in [-0.1, -0.05) is 0 Å². The van der Waals surface area contributed by atoms with Gasteiger partial charge in [0, 0.05) is 50.7 Å². The molecule has 0 N–H and O–H groups in total. The molecule has 3 rings (SSSR count). The zero-order chi connectivity index (χ0) is 15.5. The van der Waals surface area contributed by atoms with Crippen LogP contribution >= 0.6 is 0 Å². The van der Waals surface area contributed by atoms with E-state index >= 15 is 0 Å². The summed E-state index contributed by atoms with van der Waals surface area (Å²) in [7, 11) is 0. The van der Waals surface area contributed by atoms with Crippen LogP contribution in [0.3, 0.4) is 0 Å².